The van der Waals surface area contributed by atoms with Crippen molar-refractivity contribution in [1.82, 2.24) is 15.1 Å². The van der Waals surface area contributed by atoms with Crippen LogP contribution in [0.2, 0.25) is 0 Å². The number of nitrogens with zero attached hydrogens (tertiary/aromatic N) is 2. The monoisotopic (exact) mass is 289 g/mol. The lowest BCUT2D eigenvalue weighted by atomic mass is 9.80. The Bertz CT molecular complexity index is 420. The molecule has 2 unspecified atom stereocenters. The van der Waals surface area contributed by atoms with Crippen molar-refractivity contribution in [2.45, 2.75) is 77.3 Å². The van der Waals surface area contributed by atoms with Crippen LogP contribution in [0.1, 0.15) is 76.4 Å². The Balaban J connectivity index is 1.44. The van der Waals surface area contributed by atoms with E-state index in [4.69, 9.17) is 5.10 Å². The first-order valence-electron chi connectivity index (χ1n) is 9.07. The summed E-state index contributed by atoms with van der Waals surface area (Å²) in [6, 6.07) is 2.86. The van der Waals surface area contributed by atoms with Crippen molar-refractivity contribution in [1.29, 1.82) is 0 Å². The van der Waals surface area contributed by atoms with Crippen LogP contribution >= 0.6 is 0 Å². The highest BCUT2D eigenvalue weighted by molar-refractivity contribution is 4.99. The first-order valence-corrected chi connectivity index (χ1v) is 9.07. The van der Waals surface area contributed by atoms with Gasteiger partial charge in [0, 0.05) is 12.7 Å². The Morgan fingerprint density at radius 2 is 1.86 bits per heavy atom. The lowest BCUT2D eigenvalue weighted by Crippen LogP contribution is -2.29. The molecule has 2 saturated carbocycles. The third kappa shape index (κ3) is 4.09. The molecule has 3 nitrogen and oxygen atoms in total. The molecule has 0 amide bonds. The molecule has 0 bridgehead atoms. The highest BCUT2D eigenvalue weighted by Gasteiger charge is 2.21. The van der Waals surface area contributed by atoms with Gasteiger partial charge >= 0.3 is 0 Å². The minimum atomic E-state index is 0.658. The molecule has 2 aliphatic rings. The summed E-state index contributed by atoms with van der Waals surface area (Å²) >= 11 is 0. The summed E-state index contributed by atoms with van der Waals surface area (Å²) < 4.78 is 2.22. The van der Waals surface area contributed by atoms with Crippen molar-refractivity contribution in [3.05, 3.63) is 18.0 Å². The molecule has 0 spiro atoms. The Labute approximate surface area is 129 Å². The zero-order valence-corrected chi connectivity index (χ0v) is 13.6. The van der Waals surface area contributed by atoms with Crippen LogP contribution in [0.25, 0.3) is 0 Å². The van der Waals surface area contributed by atoms with Crippen molar-refractivity contribution in [2.75, 3.05) is 6.54 Å². The molecule has 3 heteroatoms. The van der Waals surface area contributed by atoms with Gasteiger partial charge in [-0.2, -0.15) is 5.10 Å². The maximum atomic E-state index is 4.79. The van der Waals surface area contributed by atoms with Crippen molar-refractivity contribution in [2.24, 2.45) is 11.8 Å². The first-order chi connectivity index (χ1) is 10.3. The number of nitrogens with one attached hydrogen (secondary N) is 1. The summed E-state index contributed by atoms with van der Waals surface area (Å²) in [5, 5.41) is 8.43. The van der Waals surface area contributed by atoms with Crippen LogP contribution in [0.5, 0.6) is 0 Å². The molecule has 21 heavy (non-hydrogen) atoms. The second kappa shape index (κ2) is 7.44. The van der Waals surface area contributed by atoms with Crippen molar-refractivity contribution < 1.29 is 0 Å². The molecule has 1 heterocycles. The summed E-state index contributed by atoms with van der Waals surface area (Å²) in [5.74, 6) is 1.77. The summed E-state index contributed by atoms with van der Waals surface area (Å²) in [6.45, 7) is 4.52. The van der Waals surface area contributed by atoms with Gasteiger partial charge in [-0.15, -0.1) is 0 Å². The molecule has 0 aliphatic heterocycles. The minimum absolute atomic E-state index is 0.658. The molecule has 2 aliphatic carbocycles. The zero-order chi connectivity index (χ0) is 14.5. The third-order valence-electron chi connectivity index (χ3n) is 5.61. The maximum absolute atomic E-state index is 4.79. The molecule has 0 saturated heterocycles. The summed E-state index contributed by atoms with van der Waals surface area (Å²) in [7, 11) is 0. The normalized spacial score (nSPS) is 27.9. The first kappa shape index (κ1) is 15.1. The number of hydrogen-bond acceptors (Lipinski definition) is 2. The average molecular weight is 289 g/mol. The molecular weight excluding hydrogens is 258 g/mol. The SMILES string of the molecule is CC1CCCCC1CNCc1ccn(C2CCCCC2)n1. The van der Waals surface area contributed by atoms with Gasteiger partial charge in [0.15, 0.2) is 0 Å². The van der Waals surface area contributed by atoms with Gasteiger partial charge in [-0.05, 0) is 43.7 Å². The van der Waals surface area contributed by atoms with Gasteiger partial charge in [-0.25, -0.2) is 0 Å². The van der Waals surface area contributed by atoms with Crippen LogP contribution in [0.3, 0.4) is 0 Å². The Kier molecular flexibility index (Phi) is 5.34. The van der Waals surface area contributed by atoms with Gasteiger partial charge in [0.05, 0.1) is 11.7 Å². The van der Waals surface area contributed by atoms with E-state index in [-0.39, 0.29) is 0 Å². The molecule has 0 radical (unpaired) electrons. The second-order valence-corrected chi connectivity index (χ2v) is 7.23. The fraction of sp³-hybridized carbons (Fsp3) is 0.833. The van der Waals surface area contributed by atoms with Gasteiger partial charge in [-0.1, -0.05) is 45.4 Å². The van der Waals surface area contributed by atoms with E-state index in [0.717, 1.165) is 24.9 Å². The molecule has 2 atom stereocenters. The molecule has 2 fully saturated rings. The minimum Gasteiger partial charge on any atom is -0.311 e. The van der Waals surface area contributed by atoms with Crippen molar-refractivity contribution in [3.8, 4) is 0 Å². The van der Waals surface area contributed by atoms with Gasteiger partial charge in [0.25, 0.3) is 0 Å². The lowest BCUT2D eigenvalue weighted by molar-refractivity contribution is 0.247. The van der Waals surface area contributed by atoms with E-state index in [0.29, 0.717) is 6.04 Å². The fourth-order valence-electron chi connectivity index (χ4n) is 4.10. The van der Waals surface area contributed by atoms with Gasteiger partial charge in [0.1, 0.15) is 0 Å². The smallest absolute Gasteiger partial charge is 0.0762 e. The third-order valence-corrected chi connectivity index (χ3v) is 5.61. The Morgan fingerprint density at radius 1 is 1.10 bits per heavy atom. The van der Waals surface area contributed by atoms with Crippen LogP contribution in [-0.4, -0.2) is 16.3 Å². The van der Waals surface area contributed by atoms with E-state index in [1.807, 2.05) is 0 Å². The predicted molar refractivity (Wildman–Crippen MR) is 87.2 cm³/mol. The van der Waals surface area contributed by atoms with Gasteiger partial charge in [-0.3, -0.25) is 4.68 Å². The Hall–Kier alpha value is -0.830. The zero-order valence-electron chi connectivity index (χ0n) is 13.6. The van der Waals surface area contributed by atoms with Crippen molar-refractivity contribution in [3.63, 3.8) is 0 Å². The standard InChI is InChI=1S/C18H31N3/c1-15-7-5-6-8-16(15)13-19-14-17-11-12-21(20-17)18-9-3-2-4-10-18/h11-12,15-16,18-19H,2-10,13-14H2,1H3. The fourth-order valence-corrected chi connectivity index (χ4v) is 4.10. The van der Waals surface area contributed by atoms with E-state index in [1.54, 1.807) is 0 Å². The van der Waals surface area contributed by atoms with Crippen LogP contribution in [-0.2, 0) is 6.54 Å². The lowest BCUT2D eigenvalue weighted by Gasteiger charge is -2.28. The maximum Gasteiger partial charge on any atom is 0.0762 e. The van der Waals surface area contributed by atoms with Gasteiger partial charge in [0.2, 0.25) is 0 Å². The van der Waals surface area contributed by atoms with E-state index in [9.17, 15) is 0 Å². The number of hydrogen-bond donors (Lipinski definition) is 1. The number of rotatable bonds is 5. The summed E-state index contributed by atoms with van der Waals surface area (Å²) in [6.07, 6.45) is 14.7. The van der Waals surface area contributed by atoms with Crippen LogP contribution in [0.4, 0.5) is 0 Å². The Morgan fingerprint density at radius 3 is 2.67 bits per heavy atom. The average Bonchev–Trinajstić information content (AvgIpc) is 2.99. The topological polar surface area (TPSA) is 29.9 Å². The van der Waals surface area contributed by atoms with Crippen LogP contribution < -0.4 is 5.32 Å². The van der Waals surface area contributed by atoms with E-state index >= 15 is 0 Å². The molecule has 118 valence electrons. The molecular formula is C18H31N3. The summed E-state index contributed by atoms with van der Waals surface area (Å²) in [4.78, 5) is 0. The molecule has 1 aromatic heterocycles. The predicted octanol–water partition coefficient (Wildman–Crippen LogP) is 4.30. The second-order valence-electron chi connectivity index (χ2n) is 7.23. The number of aromatic nitrogens is 2. The summed E-state index contributed by atoms with van der Waals surface area (Å²) in [5.41, 5.74) is 1.21. The van der Waals surface area contributed by atoms with E-state index in [2.05, 4.69) is 29.2 Å². The van der Waals surface area contributed by atoms with Gasteiger partial charge < -0.3 is 5.32 Å². The largest absolute Gasteiger partial charge is 0.311 e. The molecule has 1 aromatic rings. The quantitative estimate of drug-likeness (QED) is 0.875. The molecule has 0 aromatic carbocycles. The highest BCUT2D eigenvalue weighted by atomic mass is 15.3. The van der Waals surface area contributed by atoms with E-state index in [1.165, 1.54) is 63.5 Å². The van der Waals surface area contributed by atoms with Crippen LogP contribution in [0.15, 0.2) is 12.3 Å². The van der Waals surface area contributed by atoms with Crippen LogP contribution in [0, 0.1) is 11.8 Å². The van der Waals surface area contributed by atoms with E-state index < -0.39 is 0 Å². The highest BCUT2D eigenvalue weighted by Crippen LogP contribution is 2.29. The van der Waals surface area contributed by atoms with Crippen molar-refractivity contribution >= 4 is 0 Å². The molecule has 1 N–H and O–H groups in total. The molecule has 3 rings (SSSR count).